The van der Waals surface area contributed by atoms with Crippen LogP contribution in [-0.4, -0.2) is 5.78 Å². The molecule has 0 radical (unpaired) electrons. The quantitative estimate of drug-likeness (QED) is 0.681. The average molecular weight is 242 g/mol. The van der Waals surface area contributed by atoms with Gasteiger partial charge in [-0.05, 0) is 43.9 Å². The molecule has 0 saturated carbocycles. The van der Waals surface area contributed by atoms with Crippen LogP contribution in [0.1, 0.15) is 51.2 Å². The lowest BCUT2D eigenvalue weighted by Gasteiger charge is -2.11. The van der Waals surface area contributed by atoms with Crippen LogP contribution >= 0.6 is 0 Å². The second-order valence-electron chi connectivity index (χ2n) is 4.93. The van der Waals surface area contributed by atoms with Crippen molar-refractivity contribution in [2.75, 3.05) is 0 Å². The third kappa shape index (κ3) is 3.43. The van der Waals surface area contributed by atoms with Crippen LogP contribution in [0.3, 0.4) is 0 Å². The Hall–Kier alpha value is -1.63. The molecule has 18 heavy (non-hydrogen) atoms. The van der Waals surface area contributed by atoms with Crippen molar-refractivity contribution in [3.63, 3.8) is 0 Å². The van der Waals surface area contributed by atoms with Crippen molar-refractivity contribution in [3.8, 4) is 0 Å². The van der Waals surface area contributed by atoms with Gasteiger partial charge in [-0.1, -0.05) is 42.8 Å². The molecule has 0 amide bonds. The highest BCUT2D eigenvalue weighted by atomic mass is 16.1. The second-order valence-corrected chi connectivity index (χ2v) is 4.93. The Kier molecular flexibility index (Phi) is 5.08. The van der Waals surface area contributed by atoms with E-state index in [1.807, 2.05) is 25.1 Å². The molecule has 0 unspecified atom stereocenters. The molecule has 0 aliphatic heterocycles. The van der Waals surface area contributed by atoms with Gasteiger partial charge in [-0.2, -0.15) is 0 Å². The zero-order valence-corrected chi connectivity index (χ0v) is 11.8. The number of ketones is 1. The molecule has 1 aromatic rings. The Morgan fingerprint density at radius 3 is 2.17 bits per heavy atom. The van der Waals surface area contributed by atoms with Gasteiger partial charge < -0.3 is 0 Å². The summed E-state index contributed by atoms with van der Waals surface area (Å²) in [5.41, 5.74) is 4.92. The molecular weight excluding hydrogens is 220 g/mol. The standard InChI is InChI=1S/C17H22O/c1-6-7-17(12(2)3)16-10-8-15(9-11-16)13(4)14(5)18/h6,8-11,13H,1,7H2,2-5H3/t13-/m1/s1. The van der Waals surface area contributed by atoms with E-state index in [-0.39, 0.29) is 11.7 Å². The van der Waals surface area contributed by atoms with Gasteiger partial charge in [-0.25, -0.2) is 0 Å². The van der Waals surface area contributed by atoms with E-state index in [1.165, 1.54) is 16.7 Å². The van der Waals surface area contributed by atoms with E-state index in [0.717, 1.165) is 12.0 Å². The largest absolute Gasteiger partial charge is 0.299 e. The van der Waals surface area contributed by atoms with Gasteiger partial charge in [-0.3, -0.25) is 4.79 Å². The summed E-state index contributed by atoms with van der Waals surface area (Å²) in [5, 5.41) is 0. The Labute approximate surface area is 110 Å². The lowest BCUT2D eigenvalue weighted by molar-refractivity contribution is -0.118. The minimum atomic E-state index is -0.0198. The summed E-state index contributed by atoms with van der Waals surface area (Å²) in [4.78, 5) is 11.4. The van der Waals surface area contributed by atoms with E-state index >= 15 is 0 Å². The zero-order valence-electron chi connectivity index (χ0n) is 11.8. The molecule has 1 aromatic carbocycles. The van der Waals surface area contributed by atoms with Crippen LogP contribution in [0.5, 0.6) is 0 Å². The molecule has 1 nitrogen and oxygen atoms in total. The smallest absolute Gasteiger partial charge is 0.136 e. The molecule has 96 valence electrons. The monoisotopic (exact) mass is 242 g/mol. The van der Waals surface area contributed by atoms with Gasteiger partial charge in [0.1, 0.15) is 5.78 Å². The van der Waals surface area contributed by atoms with Crippen LogP contribution in [0.2, 0.25) is 0 Å². The maximum Gasteiger partial charge on any atom is 0.136 e. The molecule has 0 bridgehead atoms. The van der Waals surface area contributed by atoms with Crippen molar-refractivity contribution in [1.82, 2.24) is 0 Å². The van der Waals surface area contributed by atoms with Crippen LogP contribution in [0.4, 0.5) is 0 Å². The van der Waals surface area contributed by atoms with Gasteiger partial charge in [0, 0.05) is 5.92 Å². The number of carbonyl (C=O) groups is 1. The van der Waals surface area contributed by atoms with Crippen molar-refractivity contribution in [3.05, 3.63) is 53.6 Å². The van der Waals surface area contributed by atoms with Gasteiger partial charge in [0.05, 0.1) is 0 Å². The topological polar surface area (TPSA) is 17.1 Å². The molecule has 0 aliphatic rings. The van der Waals surface area contributed by atoms with Gasteiger partial charge >= 0.3 is 0 Å². The molecule has 0 saturated heterocycles. The molecule has 1 heteroatoms. The first-order chi connectivity index (χ1) is 8.47. The van der Waals surface area contributed by atoms with Crippen molar-refractivity contribution < 1.29 is 4.79 Å². The first-order valence-electron chi connectivity index (χ1n) is 6.35. The minimum Gasteiger partial charge on any atom is -0.299 e. The summed E-state index contributed by atoms with van der Waals surface area (Å²) in [6.07, 6.45) is 2.80. The average Bonchev–Trinajstić information content (AvgIpc) is 2.35. The fourth-order valence-electron chi connectivity index (χ4n) is 1.96. The maximum absolute atomic E-state index is 11.4. The van der Waals surface area contributed by atoms with Crippen molar-refractivity contribution in [1.29, 1.82) is 0 Å². The molecule has 1 atom stereocenters. The van der Waals surface area contributed by atoms with Crippen molar-refractivity contribution >= 4 is 11.4 Å². The number of allylic oxidation sites excluding steroid dienone is 3. The fraction of sp³-hybridized carbons (Fsp3) is 0.353. The molecule has 0 fully saturated rings. The third-order valence-electron chi connectivity index (χ3n) is 3.32. The third-order valence-corrected chi connectivity index (χ3v) is 3.32. The number of hydrogen-bond donors (Lipinski definition) is 0. The summed E-state index contributed by atoms with van der Waals surface area (Å²) >= 11 is 0. The van der Waals surface area contributed by atoms with Gasteiger partial charge in [0.15, 0.2) is 0 Å². The molecular formula is C17H22O. The molecule has 0 aromatic heterocycles. The predicted molar refractivity (Wildman–Crippen MR) is 78.6 cm³/mol. The van der Waals surface area contributed by atoms with Gasteiger partial charge in [-0.15, -0.1) is 6.58 Å². The molecule has 0 heterocycles. The van der Waals surface area contributed by atoms with Gasteiger partial charge in [0.2, 0.25) is 0 Å². The Bertz CT molecular complexity index is 459. The van der Waals surface area contributed by atoms with Crippen LogP contribution in [-0.2, 0) is 4.79 Å². The normalized spacial score (nSPS) is 11.8. The van der Waals surface area contributed by atoms with Crippen molar-refractivity contribution in [2.24, 2.45) is 0 Å². The molecule has 0 spiro atoms. The van der Waals surface area contributed by atoms with E-state index < -0.39 is 0 Å². The number of rotatable bonds is 5. The highest BCUT2D eigenvalue weighted by molar-refractivity contribution is 5.83. The van der Waals surface area contributed by atoms with E-state index in [1.54, 1.807) is 6.92 Å². The van der Waals surface area contributed by atoms with Crippen LogP contribution in [0.15, 0.2) is 42.5 Å². The van der Waals surface area contributed by atoms with E-state index in [2.05, 4.69) is 32.6 Å². The SMILES string of the molecule is C=CCC(=C(C)C)c1ccc([C@H](C)C(C)=O)cc1. The molecule has 0 aliphatic carbocycles. The Balaban J connectivity index is 3.05. The zero-order chi connectivity index (χ0) is 13.7. The van der Waals surface area contributed by atoms with E-state index in [0.29, 0.717) is 0 Å². The fourth-order valence-corrected chi connectivity index (χ4v) is 1.96. The highest BCUT2D eigenvalue weighted by Gasteiger charge is 2.10. The van der Waals surface area contributed by atoms with Crippen LogP contribution in [0.25, 0.3) is 5.57 Å². The van der Waals surface area contributed by atoms with Crippen molar-refractivity contribution in [2.45, 2.75) is 40.0 Å². The number of benzene rings is 1. The van der Waals surface area contributed by atoms with Crippen LogP contribution in [0, 0.1) is 0 Å². The Morgan fingerprint density at radius 1 is 1.22 bits per heavy atom. The maximum atomic E-state index is 11.4. The Morgan fingerprint density at radius 2 is 1.78 bits per heavy atom. The first-order valence-corrected chi connectivity index (χ1v) is 6.35. The number of Topliss-reactive ketones (excluding diaryl/α,β-unsaturated/α-hetero) is 1. The second kappa shape index (κ2) is 6.34. The summed E-state index contributed by atoms with van der Waals surface area (Å²) in [6, 6.07) is 8.29. The summed E-state index contributed by atoms with van der Waals surface area (Å²) < 4.78 is 0. The number of carbonyl (C=O) groups excluding carboxylic acids is 1. The summed E-state index contributed by atoms with van der Waals surface area (Å²) in [7, 11) is 0. The number of hydrogen-bond acceptors (Lipinski definition) is 1. The predicted octanol–water partition coefficient (Wildman–Crippen LogP) is 4.75. The summed E-state index contributed by atoms with van der Waals surface area (Å²) in [5.74, 6) is 0.185. The highest BCUT2D eigenvalue weighted by Crippen LogP contribution is 2.25. The van der Waals surface area contributed by atoms with E-state index in [9.17, 15) is 4.79 Å². The molecule has 0 N–H and O–H groups in total. The minimum absolute atomic E-state index is 0.0198. The van der Waals surface area contributed by atoms with E-state index in [4.69, 9.17) is 0 Å². The lowest BCUT2D eigenvalue weighted by Crippen LogP contribution is -2.04. The van der Waals surface area contributed by atoms with Gasteiger partial charge in [0.25, 0.3) is 0 Å². The van der Waals surface area contributed by atoms with Crippen LogP contribution < -0.4 is 0 Å². The lowest BCUT2D eigenvalue weighted by atomic mass is 9.93. The molecule has 1 rings (SSSR count). The summed E-state index contributed by atoms with van der Waals surface area (Å²) in [6.45, 7) is 11.6. The first kappa shape index (κ1) is 14.4.